The first-order chi connectivity index (χ1) is 13.1. The lowest BCUT2D eigenvalue weighted by Crippen LogP contribution is -2.34. The summed E-state index contributed by atoms with van der Waals surface area (Å²) >= 11 is 5.90. The minimum Gasteiger partial charge on any atom is -0.452 e. The summed E-state index contributed by atoms with van der Waals surface area (Å²) in [4.78, 5) is 25.6. The number of carbonyl (C=O) groups excluding carboxylic acids is 2. The molecule has 0 aliphatic rings. The number of benzene rings is 2. The van der Waals surface area contributed by atoms with Gasteiger partial charge in [-0.3, -0.25) is 4.79 Å². The largest absolute Gasteiger partial charge is 0.452 e. The maximum absolute atomic E-state index is 13.3. The number of sulfonamides is 1. The molecule has 0 saturated heterocycles. The molecule has 1 amide bonds. The average molecular weight is 429 g/mol. The van der Waals surface area contributed by atoms with Gasteiger partial charge in [-0.25, -0.2) is 22.7 Å². The van der Waals surface area contributed by atoms with E-state index >= 15 is 0 Å². The van der Waals surface area contributed by atoms with Crippen LogP contribution in [0.25, 0.3) is 0 Å². The van der Waals surface area contributed by atoms with Crippen molar-refractivity contribution < 1.29 is 27.1 Å². The Labute approximate surface area is 166 Å². The topological polar surface area (TPSA) is 107 Å². The molecule has 10 heteroatoms. The van der Waals surface area contributed by atoms with Gasteiger partial charge in [-0.1, -0.05) is 23.7 Å². The molecule has 0 fully saturated rings. The minimum absolute atomic E-state index is 0.0445. The monoisotopic (exact) mass is 428 g/mol. The Bertz CT molecular complexity index is 997. The molecule has 0 heterocycles. The molecule has 2 aromatic carbocycles. The number of ether oxygens (including phenoxy) is 1. The van der Waals surface area contributed by atoms with Crippen LogP contribution in [0.4, 0.5) is 4.39 Å². The smallest absolute Gasteiger partial charge is 0.340 e. The van der Waals surface area contributed by atoms with E-state index in [0.717, 1.165) is 12.1 Å². The standard InChI is InChI=1S/C18H18ClFN2O5S/c1-2-22(10-12-4-3-5-13(20)8-12)17(23)11-27-18(24)15-9-14(28(21,25)26)6-7-16(15)19/h3-9H,2,10-11H2,1H3,(H2,21,25,26). The molecule has 2 rings (SSSR count). The minimum atomic E-state index is -4.03. The molecule has 28 heavy (non-hydrogen) atoms. The van der Waals surface area contributed by atoms with Gasteiger partial charge in [-0.2, -0.15) is 0 Å². The van der Waals surface area contributed by atoms with E-state index in [1.165, 1.54) is 29.2 Å². The fraction of sp³-hybridized carbons (Fsp3) is 0.222. The first kappa shape index (κ1) is 21.8. The summed E-state index contributed by atoms with van der Waals surface area (Å²) in [6.07, 6.45) is 0. The van der Waals surface area contributed by atoms with E-state index in [9.17, 15) is 22.4 Å². The number of likely N-dealkylation sites (N-methyl/N-ethyl adjacent to an activating group) is 1. The van der Waals surface area contributed by atoms with Gasteiger partial charge in [0.1, 0.15) is 5.82 Å². The van der Waals surface area contributed by atoms with E-state index in [1.54, 1.807) is 13.0 Å². The highest BCUT2D eigenvalue weighted by Crippen LogP contribution is 2.21. The van der Waals surface area contributed by atoms with Gasteiger partial charge in [0.25, 0.3) is 5.91 Å². The number of amides is 1. The Morgan fingerprint density at radius 3 is 2.54 bits per heavy atom. The number of nitrogens with two attached hydrogens (primary N) is 1. The van der Waals surface area contributed by atoms with Crippen molar-refractivity contribution in [3.05, 3.63) is 64.4 Å². The number of carbonyl (C=O) groups is 2. The Kier molecular flexibility index (Phi) is 7.11. The third-order valence-electron chi connectivity index (χ3n) is 3.81. The molecule has 2 N–H and O–H groups in total. The third-order valence-corrected chi connectivity index (χ3v) is 5.05. The van der Waals surface area contributed by atoms with Crippen molar-refractivity contribution in [2.75, 3.05) is 13.2 Å². The SMILES string of the molecule is CCN(Cc1cccc(F)c1)C(=O)COC(=O)c1cc(S(N)(=O)=O)ccc1Cl. The molecule has 0 bridgehead atoms. The maximum Gasteiger partial charge on any atom is 0.340 e. The van der Waals surface area contributed by atoms with Gasteiger partial charge >= 0.3 is 5.97 Å². The summed E-state index contributed by atoms with van der Waals surface area (Å²) in [7, 11) is -4.03. The lowest BCUT2D eigenvalue weighted by molar-refractivity contribution is -0.134. The van der Waals surface area contributed by atoms with Crippen molar-refractivity contribution in [3.8, 4) is 0 Å². The van der Waals surface area contributed by atoms with Crippen LogP contribution in [-0.2, 0) is 26.1 Å². The molecule has 150 valence electrons. The predicted octanol–water partition coefficient (Wildman–Crippen LogP) is 2.33. The Balaban J connectivity index is 2.06. The van der Waals surface area contributed by atoms with E-state index in [4.69, 9.17) is 21.5 Å². The molecule has 0 unspecified atom stereocenters. The van der Waals surface area contributed by atoms with Crippen LogP contribution >= 0.6 is 11.6 Å². The van der Waals surface area contributed by atoms with E-state index in [2.05, 4.69) is 0 Å². The number of hydrogen-bond acceptors (Lipinski definition) is 5. The number of rotatable bonds is 7. The summed E-state index contributed by atoms with van der Waals surface area (Å²) in [6, 6.07) is 9.13. The van der Waals surface area contributed by atoms with Crippen LogP contribution in [0.5, 0.6) is 0 Å². The predicted molar refractivity (Wildman–Crippen MR) is 101 cm³/mol. The van der Waals surface area contributed by atoms with Crippen molar-refractivity contribution in [2.24, 2.45) is 5.14 Å². The number of primary sulfonamides is 1. The summed E-state index contributed by atoms with van der Waals surface area (Å²) < 4.78 is 41.1. The highest BCUT2D eigenvalue weighted by molar-refractivity contribution is 7.89. The summed E-state index contributed by atoms with van der Waals surface area (Å²) in [5, 5.41) is 4.98. The van der Waals surface area contributed by atoms with Gasteiger partial charge in [0.05, 0.1) is 15.5 Å². The number of hydrogen-bond donors (Lipinski definition) is 1. The summed E-state index contributed by atoms with van der Waals surface area (Å²) in [6.45, 7) is 1.60. The number of nitrogens with zero attached hydrogens (tertiary/aromatic N) is 1. The van der Waals surface area contributed by atoms with Crippen LogP contribution in [0, 0.1) is 5.82 Å². The first-order valence-corrected chi connectivity index (χ1v) is 10.1. The van der Waals surface area contributed by atoms with Crippen LogP contribution in [-0.4, -0.2) is 38.3 Å². The molecule has 0 saturated carbocycles. The lowest BCUT2D eigenvalue weighted by atomic mass is 10.2. The van der Waals surface area contributed by atoms with Crippen molar-refractivity contribution in [1.29, 1.82) is 0 Å². The van der Waals surface area contributed by atoms with E-state index in [-0.39, 0.29) is 22.0 Å². The van der Waals surface area contributed by atoms with Crippen LogP contribution < -0.4 is 5.14 Å². The maximum atomic E-state index is 13.3. The van der Waals surface area contributed by atoms with Gasteiger partial charge in [-0.15, -0.1) is 0 Å². The zero-order chi connectivity index (χ0) is 20.9. The molecule has 0 aliphatic heterocycles. The highest BCUT2D eigenvalue weighted by Gasteiger charge is 2.20. The van der Waals surface area contributed by atoms with Crippen molar-refractivity contribution in [2.45, 2.75) is 18.4 Å². The van der Waals surface area contributed by atoms with Crippen LogP contribution in [0.1, 0.15) is 22.8 Å². The van der Waals surface area contributed by atoms with Gasteiger partial charge in [-0.05, 0) is 42.8 Å². The van der Waals surface area contributed by atoms with E-state index < -0.39 is 34.3 Å². The van der Waals surface area contributed by atoms with Gasteiger partial charge in [0.15, 0.2) is 6.61 Å². The van der Waals surface area contributed by atoms with E-state index in [1.807, 2.05) is 0 Å². The van der Waals surface area contributed by atoms with Crippen molar-refractivity contribution in [3.63, 3.8) is 0 Å². The van der Waals surface area contributed by atoms with Gasteiger partial charge in [0.2, 0.25) is 10.0 Å². The van der Waals surface area contributed by atoms with Crippen molar-refractivity contribution >= 4 is 33.5 Å². The molecule has 0 aliphatic carbocycles. The molecule has 0 atom stereocenters. The lowest BCUT2D eigenvalue weighted by Gasteiger charge is -2.21. The van der Waals surface area contributed by atoms with Gasteiger partial charge < -0.3 is 9.64 Å². The van der Waals surface area contributed by atoms with Crippen molar-refractivity contribution in [1.82, 2.24) is 4.90 Å². The number of esters is 1. The second-order valence-electron chi connectivity index (χ2n) is 5.80. The highest BCUT2D eigenvalue weighted by atomic mass is 35.5. The summed E-state index contributed by atoms with van der Waals surface area (Å²) in [5.74, 6) is -1.89. The average Bonchev–Trinajstić information content (AvgIpc) is 2.63. The molecular formula is C18H18ClFN2O5S. The molecular weight excluding hydrogens is 411 g/mol. The van der Waals surface area contributed by atoms with Crippen LogP contribution in [0.15, 0.2) is 47.4 Å². The molecule has 0 radical (unpaired) electrons. The summed E-state index contributed by atoms with van der Waals surface area (Å²) in [5.41, 5.74) is 0.361. The van der Waals surface area contributed by atoms with Crippen LogP contribution in [0.3, 0.4) is 0 Å². The van der Waals surface area contributed by atoms with Gasteiger partial charge in [0, 0.05) is 13.1 Å². The first-order valence-electron chi connectivity index (χ1n) is 8.13. The second-order valence-corrected chi connectivity index (χ2v) is 7.77. The molecule has 0 spiro atoms. The fourth-order valence-corrected chi connectivity index (χ4v) is 3.10. The fourth-order valence-electron chi connectivity index (χ4n) is 2.37. The molecule has 7 nitrogen and oxygen atoms in total. The normalized spacial score (nSPS) is 11.1. The van der Waals surface area contributed by atoms with Crippen LogP contribution in [0.2, 0.25) is 5.02 Å². The third kappa shape index (κ3) is 5.75. The zero-order valence-corrected chi connectivity index (χ0v) is 16.5. The molecule has 2 aromatic rings. The second kappa shape index (κ2) is 9.13. The Morgan fingerprint density at radius 1 is 1.21 bits per heavy atom. The quantitative estimate of drug-likeness (QED) is 0.681. The number of halogens is 2. The van der Waals surface area contributed by atoms with E-state index in [0.29, 0.717) is 12.1 Å². The Hall–Kier alpha value is -2.49. The molecule has 0 aromatic heterocycles. The zero-order valence-electron chi connectivity index (χ0n) is 14.9. The Morgan fingerprint density at radius 2 is 1.93 bits per heavy atom.